The minimum absolute atomic E-state index is 0.0168. The number of aliphatic hydroxyl groups excluding tert-OH is 1. The van der Waals surface area contributed by atoms with Crippen LogP contribution in [0.3, 0.4) is 0 Å². The SMILES string of the molecule is CC1(C)CC[C@H]([C@@H]2c3ccccc3-c3cncn32)[C@@H]1O. The van der Waals surface area contributed by atoms with Crippen molar-refractivity contribution >= 4 is 0 Å². The smallest absolute Gasteiger partial charge is 0.0956 e. The molecule has 0 radical (unpaired) electrons. The molecule has 0 bridgehead atoms. The summed E-state index contributed by atoms with van der Waals surface area (Å²) in [5.74, 6) is 0.279. The summed E-state index contributed by atoms with van der Waals surface area (Å²) < 4.78 is 2.25. The topological polar surface area (TPSA) is 38.0 Å². The van der Waals surface area contributed by atoms with Gasteiger partial charge in [-0.1, -0.05) is 38.1 Å². The van der Waals surface area contributed by atoms with Crippen molar-refractivity contribution in [2.75, 3.05) is 0 Å². The third kappa shape index (κ3) is 1.47. The van der Waals surface area contributed by atoms with E-state index in [2.05, 4.69) is 47.7 Å². The van der Waals surface area contributed by atoms with E-state index < -0.39 is 0 Å². The monoisotopic (exact) mass is 268 g/mol. The fourth-order valence-electron chi connectivity index (χ4n) is 4.06. The number of hydrogen-bond acceptors (Lipinski definition) is 2. The van der Waals surface area contributed by atoms with E-state index in [0.717, 1.165) is 12.8 Å². The van der Waals surface area contributed by atoms with Gasteiger partial charge in [-0.25, -0.2) is 4.98 Å². The van der Waals surface area contributed by atoms with Gasteiger partial charge in [0.1, 0.15) is 0 Å². The zero-order valence-corrected chi connectivity index (χ0v) is 12.0. The summed E-state index contributed by atoms with van der Waals surface area (Å²) in [7, 11) is 0. The van der Waals surface area contributed by atoms with E-state index in [9.17, 15) is 5.11 Å². The van der Waals surface area contributed by atoms with Gasteiger partial charge in [-0.2, -0.15) is 0 Å². The lowest BCUT2D eigenvalue weighted by molar-refractivity contribution is 0.0344. The van der Waals surface area contributed by atoms with Gasteiger partial charge in [-0.05, 0) is 23.8 Å². The van der Waals surface area contributed by atoms with Crippen LogP contribution in [0.15, 0.2) is 36.8 Å². The van der Waals surface area contributed by atoms with Crippen LogP contribution in [-0.2, 0) is 0 Å². The molecule has 0 unspecified atom stereocenters. The van der Waals surface area contributed by atoms with E-state index >= 15 is 0 Å². The van der Waals surface area contributed by atoms with E-state index in [1.54, 1.807) is 0 Å². The van der Waals surface area contributed by atoms with Crippen LogP contribution in [0.1, 0.15) is 38.3 Å². The van der Waals surface area contributed by atoms with Crippen molar-refractivity contribution in [1.29, 1.82) is 0 Å². The first-order valence-corrected chi connectivity index (χ1v) is 7.39. The number of rotatable bonds is 1. The molecule has 2 heterocycles. The number of nitrogens with zero attached hydrogens (tertiary/aromatic N) is 2. The Labute approximate surface area is 119 Å². The molecule has 0 amide bonds. The van der Waals surface area contributed by atoms with Crippen molar-refractivity contribution in [2.45, 2.75) is 38.8 Å². The first-order valence-electron chi connectivity index (χ1n) is 7.39. The summed E-state index contributed by atoms with van der Waals surface area (Å²) in [4.78, 5) is 4.31. The molecule has 0 spiro atoms. The third-order valence-electron chi connectivity index (χ3n) is 5.25. The van der Waals surface area contributed by atoms with E-state index in [1.165, 1.54) is 16.8 Å². The largest absolute Gasteiger partial charge is 0.392 e. The Hall–Kier alpha value is -1.61. The lowest BCUT2D eigenvalue weighted by atomic mass is 9.83. The van der Waals surface area contributed by atoms with Gasteiger partial charge < -0.3 is 9.67 Å². The van der Waals surface area contributed by atoms with E-state index in [-0.39, 0.29) is 23.5 Å². The van der Waals surface area contributed by atoms with Crippen LogP contribution in [0.25, 0.3) is 11.3 Å². The molecule has 3 nitrogen and oxygen atoms in total. The summed E-state index contributed by atoms with van der Waals surface area (Å²) in [5.41, 5.74) is 3.81. The zero-order chi connectivity index (χ0) is 13.9. The standard InChI is InChI=1S/C17H20N2O/c1-17(2)8-7-13(16(17)20)15-12-6-4-3-5-11(12)14-9-18-10-19(14)15/h3-6,9-10,13,15-16,20H,7-8H2,1-2H3/t13-,15+,16+/m1/s1. The van der Waals surface area contributed by atoms with Crippen molar-refractivity contribution in [3.05, 3.63) is 42.4 Å². The van der Waals surface area contributed by atoms with Crippen LogP contribution in [0.2, 0.25) is 0 Å². The molecule has 1 N–H and O–H groups in total. The summed E-state index contributed by atoms with van der Waals surface area (Å²) in [6, 6.07) is 8.77. The second kappa shape index (κ2) is 3.95. The average Bonchev–Trinajstić information content (AvgIpc) is 3.07. The first-order chi connectivity index (χ1) is 9.59. The van der Waals surface area contributed by atoms with Gasteiger partial charge in [0.25, 0.3) is 0 Å². The average molecular weight is 268 g/mol. The molecule has 2 aromatic rings. The molecular formula is C17H20N2O. The Balaban J connectivity index is 1.84. The molecule has 3 atom stereocenters. The predicted octanol–water partition coefficient (Wildman–Crippen LogP) is 3.25. The van der Waals surface area contributed by atoms with Crippen molar-refractivity contribution in [3.8, 4) is 11.3 Å². The minimum atomic E-state index is -0.256. The van der Waals surface area contributed by atoms with Gasteiger partial charge in [0.05, 0.1) is 30.4 Å². The highest BCUT2D eigenvalue weighted by molar-refractivity contribution is 5.69. The number of benzene rings is 1. The molecule has 1 aromatic carbocycles. The quantitative estimate of drug-likeness (QED) is 0.862. The molecule has 0 saturated heterocycles. The molecule has 1 saturated carbocycles. The highest BCUT2D eigenvalue weighted by Crippen LogP contribution is 2.52. The Kier molecular flexibility index (Phi) is 2.40. The lowest BCUT2D eigenvalue weighted by Crippen LogP contribution is -2.32. The fourth-order valence-corrected chi connectivity index (χ4v) is 4.06. The van der Waals surface area contributed by atoms with Crippen molar-refractivity contribution in [3.63, 3.8) is 0 Å². The van der Waals surface area contributed by atoms with Crippen LogP contribution < -0.4 is 0 Å². The number of imidazole rings is 1. The summed E-state index contributed by atoms with van der Waals surface area (Å²) in [5, 5.41) is 10.7. The molecule has 1 aliphatic heterocycles. The molecule has 1 fully saturated rings. The van der Waals surface area contributed by atoms with Gasteiger partial charge in [-0.15, -0.1) is 0 Å². The molecular weight excluding hydrogens is 248 g/mol. The van der Waals surface area contributed by atoms with Crippen molar-refractivity contribution in [1.82, 2.24) is 9.55 Å². The normalized spacial score (nSPS) is 30.2. The van der Waals surface area contributed by atoms with Crippen LogP contribution in [0.5, 0.6) is 0 Å². The van der Waals surface area contributed by atoms with Crippen LogP contribution >= 0.6 is 0 Å². The molecule has 4 rings (SSSR count). The van der Waals surface area contributed by atoms with Crippen LogP contribution in [0, 0.1) is 11.3 Å². The molecule has 104 valence electrons. The van der Waals surface area contributed by atoms with Gasteiger partial charge in [0.2, 0.25) is 0 Å². The fraction of sp³-hybridized carbons (Fsp3) is 0.471. The molecule has 3 heteroatoms. The van der Waals surface area contributed by atoms with E-state index in [4.69, 9.17) is 0 Å². The Bertz CT molecular complexity index is 659. The molecule has 20 heavy (non-hydrogen) atoms. The van der Waals surface area contributed by atoms with Gasteiger partial charge in [-0.3, -0.25) is 0 Å². The van der Waals surface area contributed by atoms with E-state index in [0.29, 0.717) is 0 Å². The number of aromatic nitrogens is 2. The number of fused-ring (bicyclic) bond motifs is 3. The molecule has 1 aliphatic carbocycles. The molecule has 2 aliphatic rings. The van der Waals surface area contributed by atoms with Crippen LogP contribution in [-0.4, -0.2) is 20.8 Å². The Morgan fingerprint density at radius 2 is 2.10 bits per heavy atom. The third-order valence-corrected chi connectivity index (χ3v) is 5.25. The van der Waals surface area contributed by atoms with E-state index in [1.807, 2.05) is 12.5 Å². The highest BCUT2D eigenvalue weighted by atomic mass is 16.3. The van der Waals surface area contributed by atoms with Crippen molar-refractivity contribution < 1.29 is 5.11 Å². The zero-order valence-electron chi connectivity index (χ0n) is 12.0. The Morgan fingerprint density at radius 1 is 1.30 bits per heavy atom. The maximum absolute atomic E-state index is 10.7. The van der Waals surface area contributed by atoms with Crippen molar-refractivity contribution in [2.24, 2.45) is 11.3 Å². The first kappa shape index (κ1) is 12.2. The summed E-state index contributed by atoms with van der Waals surface area (Å²) in [6.07, 6.45) is 5.75. The second-order valence-electron chi connectivity index (χ2n) is 6.85. The highest BCUT2D eigenvalue weighted by Gasteiger charge is 2.47. The maximum atomic E-state index is 10.7. The number of hydrogen-bond donors (Lipinski definition) is 1. The second-order valence-corrected chi connectivity index (χ2v) is 6.85. The maximum Gasteiger partial charge on any atom is 0.0956 e. The molecule has 1 aromatic heterocycles. The Morgan fingerprint density at radius 3 is 2.85 bits per heavy atom. The van der Waals surface area contributed by atoms with Gasteiger partial charge >= 0.3 is 0 Å². The summed E-state index contributed by atoms with van der Waals surface area (Å²) in [6.45, 7) is 4.35. The predicted molar refractivity (Wildman–Crippen MR) is 78.3 cm³/mol. The van der Waals surface area contributed by atoms with Crippen LogP contribution in [0.4, 0.5) is 0 Å². The summed E-state index contributed by atoms with van der Waals surface area (Å²) >= 11 is 0. The number of aliphatic hydroxyl groups is 1. The minimum Gasteiger partial charge on any atom is -0.392 e. The lowest BCUT2D eigenvalue weighted by Gasteiger charge is -2.30. The van der Waals surface area contributed by atoms with Gasteiger partial charge in [0, 0.05) is 11.5 Å². The van der Waals surface area contributed by atoms with Gasteiger partial charge in [0.15, 0.2) is 0 Å².